The molecule has 0 aliphatic carbocycles. The molecule has 162 valence electrons. The van der Waals surface area contributed by atoms with Gasteiger partial charge in [-0.2, -0.15) is 5.26 Å². The summed E-state index contributed by atoms with van der Waals surface area (Å²) in [5, 5.41) is 23.4. The second-order valence-electron chi connectivity index (χ2n) is 6.76. The van der Waals surface area contributed by atoms with Gasteiger partial charge in [0.15, 0.2) is 11.5 Å². The summed E-state index contributed by atoms with van der Waals surface area (Å²) in [6, 6.07) is 14.0. The number of halogens is 1. The molecule has 10 heteroatoms. The zero-order valence-corrected chi connectivity index (χ0v) is 16.8. The summed E-state index contributed by atoms with van der Waals surface area (Å²) < 4.78 is 13.1. The molecule has 1 heterocycles. The van der Waals surface area contributed by atoms with E-state index in [0.29, 0.717) is 17.7 Å². The number of hydrogen-bond acceptors (Lipinski definition) is 5. The average Bonchev–Trinajstić information content (AvgIpc) is 2.78. The minimum absolute atomic E-state index is 0.137. The lowest BCUT2D eigenvalue weighted by Gasteiger charge is -2.19. The molecule has 0 spiro atoms. The molecule has 0 aliphatic rings. The van der Waals surface area contributed by atoms with Crippen molar-refractivity contribution in [3.8, 4) is 6.07 Å². The summed E-state index contributed by atoms with van der Waals surface area (Å²) in [5.74, 6) is -0.189. The Bertz CT molecular complexity index is 1130. The molecule has 32 heavy (non-hydrogen) atoms. The molecule has 3 aromatic rings. The molecule has 0 bridgehead atoms. The van der Waals surface area contributed by atoms with Gasteiger partial charge in [0.2, 0.25) is 0 Å². The maximum Gasteiger partial charge on any atom is 0.407 e. The second kappa shape index (κ2) is 10.5. The van der Waals surface area contributed by atoms with Gasteiger partial charge in [-0.1, -0.05) is 24.3 Å². The van der Waals surface area contributed by atoms with E-state index in [9.17, 15) is 19.1 Å². The van der Waals surface area contributed by atoms with Gasteiger partial charge in [0.25, 0.3) is 0 Å². The monoisotopic (exact) mass is 434 g/mol. The first-order valence-corrected chi connectivity index (χ1v) is 9.54. The highest BCUT2D eigenvalue weighted by atomic mass is 19.1. The second-order valence-corrected chi connectivity index (χ2v) is 6.76. The molecule has 3 amide bonds. The van der Waals surface area contributed by atoms with E-state index in [0.717, 1.165) is 5.56 Å². The van der Waals surface area contributed by atoms with Crippen molar-refractivity contribution in [1.29, 1.82) is 5.26 Å². The third kappa shape index (κ3) is 6.50. The molecular formula is C22H19FN6O3. The van der Waals surface area contributed by atoms with E-state index in [4.69, 9.17) is 5.26 Å². The Morgan fingerprint density at radius 1 is 1.06 bits per heavy atom. The van der Waals surface area contributed by atoms with Crippen molar-refractivity contribution in [1.82, 2.24) is 14.9 Å². The largest absolute Gasteiger partial charge is 0.465 e. The number of nitrogens with one attached hydrogen (secondary N) is 2. The molecule has 0 saturated heterocycles. The van der Waals surface area contributed by atoms with E-state index in [1.165, 1.54) is 29.4 Å². The fourth-order valence-electron chi connectivity index (χ4n) is 2.85. The van der Waals surface area contributed by atoms with Crippen LogP contribution in [-0.4, -0.2) is 38.6 Å². The van der Waals surface area contributed by atoms with Crippen LogP contribution in [0.25, 0.3) is 0 Å². The minimum Gasteiger partial charge on any atom is -0.465 e. The number of aromatic nitrogens is 2. The Morgan fingerprint density at radius 3 is 2.50 bits per heavy atom. The number of urea groups is 1. The summed E-state index contributed by atoms with van der Waals surface area (Å²) in [4.78, 5) is 32.7. The van der Waals surface area contributed by atoms with Crippen LogP contribution in [0.2, 0.25) is 0 Å². The molecule has 3 rings (SSSR count). The van der Waals surface area contributed by atoms with Gasteiger partial charge >= 0.3 is 12.1 Å². The van der Waals surface area contributed by atoms with Gasteiger partial charge in [0, 0.05) is 18.8 Å². The van der Waals surface area contributed by atoms with Gasteiger partial charge in [0.1, 0.15) is 11.9 Å². The Kier molecular flexibility index (Phi) is 7.27. The van der Waals surface area contributed by atoms with Crippen LogP contribution >= 0.6 is 0 Å². The van der Waals surface area contributed by atoms with Gasteiger partial charge < -0.3 is 15.3 Å². The minimum atomic E-state index is -1.08. The lowest BCUT2D eigenvalue weighted by atomic mass is 10.1. The van der Waals surface area contributed by atoms with Gasteiger partial charge in [0.05, 0.1) is 12.4 Å². The van der Waals surface area contributed by atoms with E-state index >= 15 is 0 Å². The summed E-state index contributed by atoms with van der Waals surface area (Å²) in [7, 11) is 0. The van der Waals surface area contributed by atoms with Crippen molar-refractivity contribution < 1.29 is 19.1 Å². The quantitative estimate of drug-likeness (QED) is 0.518. The van der Waals surface area contributed by atoms with Crippen LogP contribution in [0.1, 0.15) is 16.8 Å². The predicted molar refractivity (Wildman–Crippen MR) is 114 cm³/mol. The highest BCUT2D eigenvalue weighted by Crippen LogP contribution is 2.14. The van der Waals surface area contributed by atoms with Crippen LogP contribution in [0.4, 0.5) is 25.5 Å². The van der Waals surface area contributed by atoms with E-state index in [1.54, 1.807) is 30.3 Å². The fourth-order valence-corrected chi connectivity index (χ4v) is 2.85. The van der Waals surface area contributed by atoms with Crippen molar-refractivity contribution in [3.05, 3.63) is 83.6 Å². The number of nitriles is 1. The number of anilines is 2. The van der Waals surface area contributed by atoms with E-state index < -0.39 is 12.1 Å². The highest BCUT2D eigenvalue weighted by Gasteiger charge is 2.13. The van der Waals surface area contributed by atoms with Crippen molar-refractivity contribution in [2.45, 2.75) is 13.0 Å². The smallest absolute Gasteiger partial charge is 0.407 e. The predicted octanol–water partition coefficient (Wildman–Crippen LogP) is 3.85. The first-order valence-electron chi connectivity index (χ1n) is 9.54. The number of carboxylic acid groups (broad SMARTS) is 1. The number of benzene rings is 2. The zero-order valence-electron chi connectivity index (χ0n) is 16.8. The molecule has 0 unspecified atom stereocenters. The Hall–Kier alpha value is -4.52. The summed E-state index contributed by atoms with van der Waals surface area (Å²) in [6.45, 7) is 0.366. The third-order valence-electron chi connectivity index (χ3n) is 4.42. The Morgan fingerprint density at radius 2 is 1.84 bits per heavy atom. The topological polar surface area (TPSA) is 131 Å². The van der Waals surface area contributed by atoms with Gasteiger partial charge in [-0.3, -0.25) is 5.32 Å². The molecule has 0 atom stereocenters. The van der Waals surface area contributed by atoms with Crippen LogP contribution in [0, 0.1) is 17.1 Å². The summed E-state index contributed by atoms with van der Waals surface area (Å²) >= 11 is 0. The first kappa shape index (κ1) is 22.2. The van der Waals surface area contributed by atoms with Crippen LogP contribution in [0.5, 0.6) is 0 Å². The maximum atomic E-state index is 13.1. The van der Waals surface area contributed by atoms with Crippen LogP contribution in [-0.2, 0) is 13.0 Å². The van der Waals surface area contributed by atoms with Crippen molar-refractivity contribution in [2.24, 2.45) is 0 Å². The standard InChI is InChI=1S/C22H19FN6O3/c23-17-6-4-16(5-7-17)14-29(22(31)32)9-8-15-2-1-3-18(10-15)27-21(30)28-20-13-25-19(11-24)12-26-20/h1-7,10,12-13H,8-9,14H2,(H,31,32)(H2,26,27,28,30). The molecular weight excluding hydrogens is 415 g/mol. The maximum absolute atomic E-state index is 13.1. The number of nitrogens with zero attached hydrogens (tertiary/aromatic N) is 4. The number of rotatable bonds is 7. The fraction of sp³-hybridized carbons (Fsp3) is 0.136. The van der Waals surface area contributed by atoms with Crippen LogP contribution in [0.3, 0.4) is 0 Å². The number of carbonyl (C=O) groups is 2. The van der Waals surface area contributed by atoms with E-state index in [1.807, 2.05) is 12.1 Å². The Labute approximate surface area is 183 Å². The molecule has 3 N–H and O–H groups in total. The van der Waals surface area contributed by atoms with Gasteiger partial charge in [-0.25, -0.2) is 23.9 Å². The zero-order chi connectivity index (χ0) is 22.9. The summed E-state index contributed by atoms with van der Waals surface area (Å²) in [5.41, 5.74) is 2.17. The van der Waals surface area contributed by atoms with Gasteiger partial charge in [-0.15, -0.1) is 0 Å². The number of amides is 3. The molecule has 2 aromatic carbocycles. The van der Waals surface area contributed by atoms with Crippen molar-refractivity contribution in [3.63, 3.8) is 0 Å². The van der Waals surface area contributed by atoms with E-state index in [-0.39, 0.29) is 30.4 Å². The molecule has 0 saturated carbocycles. The summed E-state index contributed by atoms with van der Waals surface area (Å²) in [6.07, 6.45) is 1.87. The van der Waals surface area contributed by atoms with Crippen LogP contribution in [0.15, 0.2) is 60.9 Å². The number of hydrogen-bond donors (Lipinski definition) is 3. The molecule has 1 aromatic heterocycles. The average molecular weight is 434 g/mol. The molecule has 9 nitrogen and oxygen atoms in total. The van der Waals surface area contributed by atoms with Crippen molar-refractivity contribution >= 4 is 23.6 Å². The number of carbonyl (C=O) groups excluding carboxylic acids is 1. The molecule has 0 fully saturated rings. The normalized spacial score (nSPS) is 10.1. The Balaban J connectivity index is 1.57. The highest BCUT2D eigenvalue weighted by molar-refractivity contribution is 5.99. The van der Waals surface area contributed by atoms with Gasteiger partial charge in [-0.05, 0) is 41.8 Å². The lowest BCUT2D eigenvalue weighted by Crippen LogP contribution is -2.31. The van der Waals surface area contributed by atoms with E-state index in [2.05, 4.69) is 20.6 Å². The first-order chi connectivity index (χ1) is 15.4. The third-order valence-corrected chi connectivity index (χ3v) is 4.42. The molecule has 0 aliphatic heterocycles. The SMILES string of the molecule is N#Cc1cnc(NC(=O)Nc2cccc(CCN(Cc3ccc(F)cc3)C(=O)O)c2)cn1. The lowest BCUT2D eigenvalue weighted by molar-refractivity contribution is 0.143. The molecule has 0 radical (unpaired) electrons. The van der Waals surface area contributed by atoms with Crippen LogP contribution < -0.4 is 10.6 Å². The van der Waals surface area contributed by atoms with Crippen molar-refractivity contribution in [2.75, 3.05) is 17.2 Å².